The van der Waals surface area contributed by atoms with Gasteiger partial charge < -0.3 is 14.5 Å². The standard InChI is InChI=1S/C21H28FN3O3/c1-15(26)25-14-19(28-18-7-5-16(22)6-8-18)13-20(25)21(27)24-11-9-23(10-12-24)17-3-2-4-17/h5-8,17,19-20H,2-4,9-14H2,1H3/t19-,20-/m0/s1. The molecule has 0 unspecified atom stereocenters. The maximum atomic E-state index is 13.1. The zero-order valence-electron chi connectivity index (χ0n) is 16.3. The van der Waals surface area contributed by atoms with Crippen LogP contribution in [0.1, 0.15) is 32.6 Å². The monoisotopic (exact) mass is 389 g/mol. The number of nitrogens with zero attached hydrogens (tertiary/aromatic N) is 3. The molecule has 0 aromatic heterocycles. The van der Waals surface area contributed by atoms with E-state index in [1.54, 1.807) is 17.0 Å². The largest absolute Gasteiger partial charge is 0.488 e. The normalized spacial score (nSPS) is 26.2. The van der Waals surface area contributed by atoms with Gasteiger partial charge in [-0.3, -0.25) is 14.5 Å². The van der Waals surface area contributed by atoms with Crippen LogP contribution < -0.4 is 4.74 Å². The molecular formula is C21H28FN3O3. The second-order valence-electron chi connectivity index (χ2n) is 8.06. The number of carbonyl (C=O) groups excluding carboxylic acids is 2. The van der Waals surface area contributed by atoms with E-state index in [-0.39, 0.29) is 23.7 Å². The van der Waals surface area contributed by atoms with Gasteiger partial charge in [-0.1, -0.05) is 6.42 Å². The van der Waals surface area contributed by atoms with E-state index >= 15 is 0 Å². The van der Waals surface area contributed by atoms with Gasteiger partial charge in [-0.05, 0) is 37.1 Å². The van der Waals surface area contributed by atoms with Crippen molar-refractivity contribution in [2.75, 3.05) is 32.7 Å². The van der Waals surface area contributed by atoms with E-state index in [4.69, 9.17) is 4.74 Å². The molecule has 2 aliphatic heterocycles. The maximum absolute atomic E-state index is 13.1. The second kappa shape index (κ2) is 8.07. The van der Waals surface area contributed by atoms with Crippen LogP contribution in [0, 0.1) is 5.82 Å². The Morgan fingerprint density at radius 3 is 2.32 bits per heavy atom. The highest BCUT2D eigenvalue weighted by Gasteiger charge is 2.42. The first-order chi connectivity index (χ1) is 13.5. The molecule has 3 aliphatic rings. The topological polar surface area (TPSA) is 53.1 Å². The number of halogens is 1. The fourth-order valence-electron chi connectivity index (χ4n) is 4.44. The third-order valence-corrected chi connectivity index (χ3v) is 6.29. The van der Waals surface area contributed by atoms with E-state index in [9.17, 15) is 14.0 Å². The number of ether oxygens (including phenoxy) is 1. The van der Waals surface area contributed by atoms with Crippen molar-refractivity contribution in [2.24, 2.45) is 0 Å². The summed E-state index contributed by atoms with van der Waals surface area (Å²) in [4.78, 5) is 31.3. The lowest BCUT2D eigenvalue weighted by molar-refractivity contribution is -0.144. The van der Waals surface area contributed by atoms with Crippen molar-refractivity contribution in [1.29, 1.82) is 0 Å². The minimum Gasteiger partial charge on any atom is -0.488 e. The quantitative estimate of drug-likeness (QED) is 0.789. The summed E-state index contributed by atoms with van der Waals surface area (Å²) < 4.78 is 19.0. The molecule has 2 atom stereocenters. The molecule has 6 nitrogen and oxygen atoms in total. The number of amides is 2. The van der Waals surface area contributed by atoms with Crippen molar-refractivity contribution in [3.05, 3.63) is 30.1 Å². The van der Waals surface area contributed by atoms with Crippen LogP contribution in [0.3, 0.4) is 0 Å². The molecule has 1 aromatic rings. The van der Waals surface area contributed by atoms with E-state index in [1.165, 1.54) is 38.3 Å². The summed E-state index contributed by atoms with van der Waals surface area (Å²) in [6.45, 7) is 5.15. The highest BCUT2D eigenvalue weighted by molar-refractivity contribution is 5.87. The Kier molecular flexibility index (Phi) is 5.53. The second-order valence-corrected chi connectivity index (χ2v) is 8.06. The summed E-state index contributed by atoms with van der Waals surface area (Å²) >= 11 is 0. The Bertz CT molecular complexity index is 714. The molecule has 152 valence electrons. The third-order valence-electron chi connectivity index (χ3n) is 6.29. The van der Waals surface area contributed by atoms with Crippen molar-refractivity contribution >= 4 is 11.8 Å². The van der Waals surface area contributed by atoms with E-state index < -0.39 is 6.04 Å². The molecule has 1 aromatic carbocycles. The number of likely N-dealkylation sites (tertiary alicyclic amines) is 1. The van der Waals surface area contributed by atoms with Crippen LogP contribution in [0.25, 0.3) is 0 Å². The van der Waals surface area contributed by atoms with Crippen LogP contribution in [-0.4, -0.2) is 77.4 Å². The van der Waals surface area contributed by atoms with Gasteiger partial charge in [0.05, 0.1) is 6.54 Å². The summed E-state index contributed by atoms with van der Waals surface area (Å²) in [5, 5.41) is 0. The average Bonchev–Trinajstić information content (AvgIpc) is 3.06. The van der Waals surface area contributed by atoms with Gasteiger partial charge in [-0.15, -0.1) is 0 Å². The zero-order valence-corrected chi connectivity index (χ0v) is 16.3. The first-order valence-corrected chi connectivity index (χ1v) is 10.2. The van der Waals surface area contributed by atoms with Crippen LogP contribution in [0.15, 0.2) is 24.3 Å². The van der Waals surface area contributed by atoms with Gasteiger partial charge in [0.25, 0.3) is 0 Å². The van der Waals surface area contributed by atoms with Crippen LogP contribution in [-0.2, 0) is 9.59 Å². The van der Waals surface area contributed by atoms with Crippen LogP contribution in [0.4, 0.5) is 4.39 Å². The smallest absolute Gasteiger partial charge is 0.245 e. The number of carbonyl (C=O) groups is 2. The summed E-state index contributed by atoms with van der Waals surface area (Å²) in [6.07, 6.45) is 4.07. The van der Waals surface area contributed by atoms with Crippen molar-refractivity contribution in [1.82, 2.24) is 14.7 Å². The number of benzene rings is 1. The lowest BCUT2D eigenvalue weighted by Gasteiger charge is -2.43. The van der Waals surface area contributed by atoms with Gasteiger partial charge in [-0.25, -0.2) is 4.39 Å². The van der Waals surface area contributed by atoms with Crippen molar-refractivity contribution < 1.29 is 18.7 Å². The molecule has 3 fully saturated rings. The van der Waals surface area contributed by atoms with Crippen LogP contribution >= 0.6 is 0 Å². The summed E-state index contributed by atoms with van der Waals surface area (Å²) in [5.74, 6) is 0.140. The molecule has 2 saturated heterocycles. The molecule has 0 spiro atoms. The van der Waals surface area contributed by atoms with Crippen LogP contribution in [0.5, 0.6) is 5.75 Å². The summed E-state index contributed by atoms with van der Waals surface area (Å²) in [6, 6.07) is 6.06. The van der Waals surface area contributed by atoms with E-state index in [1.807, 2.05) is 4.90 Å². The van der Waals surface area contributed by atoms with E-state index in [2.05, 4.69) is 4.90 Å². The van der Waals surface area contributed by atoms with Gasteiger partial charge in [0.1, 0.15) is 23.7 Å². The minimum absolute atomic E-state index is 0.0219. The molecule has 7 heteroatoms. The molecule has 2 amide bonds. The van der Waals surface area contributed by atoms with Crippen molar-refractivity contribution in [2.45, 2.75) is 50.8 Å². The van der Waals surface area contributed by atoms with Gasteiger partial charge in [0, 0.05) is 45.6 Å². The average molecular weight is 389 g/mol. The summed E-state index contributed by atoms with van der Waals surface area (Å²) in [5.41, 5.74) is 0. The number of rotatable bonds is 4. The lowest BCUT2D eigenvalue weighted by Crippen LogP contribution is -2.56. The fourth-order valence-corrected chi connectivity index (χ4v) is 4.44. The molecule has 0 radical (unpaired) electrons. The number of hydrogen-bond donors (Lipinski definition) is 0. The Balaban J connectivity index is 1.37. The number of piperazine rings is 1. The first kappa shape index (κ1) is 19.2. The molecular weight excluding hydrogens is 361 g/mol. The van der Waals surface area contributed by atoms with Crippen molar-refractivity contribution in [3.63, 3.8) is 0 Å². The zero-order chi connectivity index (χ0) is 19.7. The predicted molar refractivity (Wildman–Crippen MR) is 102 cm³/mol. The van der Waals surface area contributed by atoms with Crippen LogP contribution in [0.2, 0.25) is 0 Å². The fraction of sp³-hybridized carbons (Fsp3) is 0.619. The van der Waals surface area contributed by atoms with Gasteiger partial charge in [-0.2, -0.15) is 0 Å². The Labute approximate surface area is 165 Å². The Morgan fingerprint density at radius 1 is 1.07 bits per heavy atom. The van der Waals surface area contributed by atoms with Gasteiger partial charge in [0.2, 0.25) is 11.8 Å². The molecule has 1 saturated carbocycles. The molecule has 2 heterocycles. The molecule has 4 rings (SSSR count). The minimum atomic E-state index is -0.474. The number of hydrogen-bond acceptors (Lipinski definition) is 4. The Morgan fingerprint density at radius 2 is 1.75 bits per heavy atom. The van der Waals surface area contributed by atoms with Gasteiger partial charge in [0.15, 0.2) is 0 Å². The predicted octanol–water partition coefficient (Wildman–Crippen LogP) is 1.89. The first-order valence-electron chi connectivity index (χ1n) is 10.2. The molecule has 0 bridgehead atoms. The SMILES string of the molecule is CC(=O)N1C[C@@H](Oc2ccc(F)cc2)C[C@H]1C(=O)N1CCN(C2CCC2)CC1. The molecule has 28 heavy (non-hydrogen) atoms. The highest BCUT2D eigenvalue weighted by Crippen LogP contribution is 2.28. The van der Waals surface area contributed by atoms with E-state index in [0.717, 1.165) is 26.2 Å². The summed E-state index contributed by atoms with van der Waals surface area (Å²) in [7, 11) is 0. The molecule has 1 aliphatic carbocycles. The third kappa shape index (κ3) is 3.99. The van der Waals surface area contributed by atoms with Gasteiger partial charge >= 0.3 is 0 Å². The maximum Gasteiger partial charge on any atom is 0.245 e. The molecule has 0 N–H and O–H groups in total. The highest BCUT2D eigenvalue weighted by atomic mass is 19.1. The van der Waals surface area contributed by atoms with Crippen molar-refractivity contribution in [3.8, 4) is 5.75 Å². The Hall–Kier alpha value is -2.15. The van der Waals surface area contributed by atoms with E-state index in [0.29, 0.717) is 24.8 Å². The lowest BCUT2D eigenvalue weighted by atomic mass is 9.91.